The number of pyridine rings is 1. The zero-order chi connectivity index (χ0) is 20.5. The number of carbonyl (C=O) groups excluding carboxylic acids is 1. The first-order valence-corrected chi connectivity index (χ1v) is 9.88. The SMILES string of the molecule is Cc1nc(C(=O)N(C)Cc2ccnc3ccccc23)nc(N2CC[C@@H](N)C2)c1C. The first-order chi connectivity index (χ1) is 13.9. The summed E-state index contributed by atoms with van der Waals surface area (Å²) in [6.07, 6.45) is 2.71. The largest absolute Gasteiger partial charge is 0.355 e. The summed E-state index contributed by atoms with van der Waals surface area (Å²) >= 11 is 0. The van der Waals surface area contributed by atoms with Gasteiger partial charge in [0.05, 0.1) is 5.52 Å². The molecule has 0 radical (unpaired) electrons. The number of fused-ring (bicyclic) bond motifs is 1. The summed E-state index contributed by atoms with van der Waals surface area (Å²) in [5.74, 6) is 0.847. The Kier molecular flexibility index (Phi) is 5.15. The van der Waals surface area contributed by atoms with Crippen molar-refractivity contribution in [2.45, 2.75) is 32.9 Å². The Bertz CT molecular complexity index is 1060. The van der Waals surface area contributed by atoms with Crippen LogP contribution in [-0.4, -0.2) is 51.9 Å². The maximum atomic E-state index is 13.1. The summed E-state index contributed by atoms with van der Waals surface area (Å²) in [6.45, 7) is 5.98. The fourth-order valence-corrected chi connectivity index (χ4v) is 3.79. The van der Waals surface area contributed by atoms with Crippen LogP contribution in [0.5, 0.6) is 0 Å². The molecule has 1 aliphatic rings. The first kappa shape index (κ1) is 19.3. The third-order valence-corrected chi connectivity index (χ3v) is 5.57. The number of nitrogens with zero attached hydrogens (tertiary/aromatic N) is 5. The summed E-state index contributed by atoms with van der Waals surface area (Å²) in [5.41, 5.74) is 9.84. The smallest absolute Gasteiger partial charge is 0.291 e. The Morgan fingerprint density at radius 1 is 1.24 bits per heavy atom. The Balaban J connectivity index is 1.61. The van der Waals surface area contributed by atoms with Crippen LogP contribution in [0.25, 0.3) is 10.9 Å². The van der Waals surface area contributed by atoms with Crippen molar-refractivity contribution in [1.82, 2.24) is 19.9 Å². The average Bonchev–Trinajstić information content (AvgIpc) is 3.15. The van der Waals surface area contributed by atoms with Crippen LogP contribution in [0.4, 0.5) is 5.82 Å². The van der Waals surface area contributed by atoms with Crippen LogP contribution in [0, 0.1) is 13.8 Å². The van der Waals surface area contributed by atoms with E-state index in [1.54, 1.807) is 18.1 Å². The molecule has 3 aromatic rings. The number of para-hydroxylation sites is 1. The molecule has 1 saturated heterocycles. The van der Waals surface area contributed by atoms with Crippen molar-refractivity contribution in [3.63, 3.8) is 0 Å². The van der Waals surface area contributed by atoms with E-state index in [0.717, 1.165) is 53.1 Å². The van der Waals surface area contributed by atoms with E-state index in [-0.39, 0.29) is 17.8 Å². The minimum atomic E-state index is -0.196. The molecule has 150 valence electrons. The molecule has 0 spiro atoms. The van der Waals surface area contributed by atoms with Gasteiger partial charge in [0.25, 0.3) is 5.91 Å². The van der Waals surface area contributed by atoms with Crippen molar-refractivity contribution in [3.05, 3.63) is 59.2 Å². The molecule has 29 heavy (non-hydrogen) atoms. The molecule has 2 N–H and O–H groups in total. The molecule has 4 rings (SSSR count). The normalized spacial score (nSPS) is 16.4. The van der Waals surface area contributed by atoms with Gasteiger partial charge < -0.3 is 15.5 Å². The van der Waals surface area contributed by atoms with Gasteiger partial charge >= 0.3 is 0 Å². The van der Waals surface area contributed by atoms with Gasteiger partial charge in [0, 0.05) is 55.6 Å². The summed E-state index contributed by atoms with van der Waals surface area (Å²) in [6, 6.07) is 10.0. The topological polar surface area (TPSA) is 88.2 Å². The monoisotopic (exact) mass is 390 g/mol. The van der Waals surface area contributed by atoms with Crippen molar-refractivity contribution < 1.29 is 4.79 Å². The fraction of sp³-hybridized carbons (Fsp3) is 0.364. The Hall–Kier alpha value is -3.06. The van der Waals surface area contributed by atoms with E-state index in [0.29, 0.717) is 6.54 Å². The standard InChI is InChI=1S/C22H26N6O/c1-14-15(2)25-20(26-21(14)28-11-9-17(23)13-28)22(29)27(3)12-16-8-10-24-19-7-5-4-6-18(16)19/h4-8,10,17H,9,11-13,23H2,1-3H3/t17-/m1/s1. The van der Waals surface area contributed by atoms with E-state index >= 15 is 0 Å². The highest BCUT2D eigenvalue weighted by atomic mass is 16.2. The molecular weight excluding hydrogens is 364 g/mol. The number of amides is 1. The third-order valence-electron chi connectivity index (χ3n) is 5.57. The lowest BCUT2D eigenvalue weighted by Crippen LogP contribution is -2.31. The molecular formula is C22H26N6O. The molecule has 0 bridgehead atoms. The number of hydrogen-bond acceptors (Lipinski definition) is 6. The number of nitrogens with two attached hydrogens (primary N) is 1. The highest BCUT2D eigenvalue weighted by molar-refractivity contribution is 5.91. The minimum Gasteiger partial charge on any atom is -0.355 e. The van der Waals surface area contributed by atoms with E-state index in [4.69, 9.17) is 5.73 Å². The van der Waals surface area contributed by atoms with Crippen molar-refractivity contribution in [2.24, 2.45) is 5.73 Å². The molecule has 0 unspecified atom stereocenters. The van der Waals surface area contributed by atoms with Crippen LogP contribution >= 0.6 is 0 Å². The number of hydrogen-bond donors (Lipinski definition) is 1. The van der Waals surface area contributed by atoms with E-state index in [9.17, 15) is 4.79 Å². The number of rotatable bonds is 4. The molecule has 1 fully saturated rings. The molecule has 1 atom stereocenters. The number of benzene rings is 1. The number of anilines is 1. The summed E-state index contributed by atoms with van der Waals surface area (Å²) < 4.78 is 0. The molecule has 7 heteroatoms. The quantitative estimate of drug-likeness (QED) is 0.736. The second-order valence-electron chi connectivity index (χ2n) is 7.72. The molecule has 0 saturated carbocycles. The van der Waals surface area contributed by atoms with Crippen molar-refractivity contribution >= 4 is 22.6 Å². The van der Waals surface area contributed by atoms with Crippen molar-refractivity contribution in [2.75, 3.05) is 25.0 Å². The highest BCUT2D eigenvalue weighted by Gasteiger charge is 2.25. The van der Waals surface area contributed by atoms with E-state index in [1.165, 1.54) is 0 Å². The van der Waals surface area contributed by atoms with Crippen molar-refractivity contribution in [1.29, 1.82) is 0 Å². The second kappa shape index (κ2) is 7.75. The van der Waals surface area contributed by atoms with Gasteiger partial charge in [0.1, 0.15) is 5.82 Å². The highest BCUT2D eigenvalue weighted by Crippen LogP contribution is 2.24. The van der Waals surface area contributed by atoms with Crippen LogP contribution in [0.2, 0.25) is 0 Å². The van der Waals surface area contributed by atoms with Crippen LogP contribution in [-0.2, 0) is 6.54 Å². The van der Waals surface area contributed by atoms with Crippen LogP contribution in [0.15, 0.2) is 36.5 Å². The average molecular weight is 390 g/mol. The maximum Gasteiger partial charge on any atom is 0.291 e. The lowest BCUT2D eigenvalue weighted by Gasteiger charge is -2.22. The van der Waals surface area contributed by atoms with Gasteiger partial charge in [-0.05, 0) is 38.0 Å². The Morgan fingerprint density at radius 3 is 2.79 bits per heavy atom. The predicted octanol–water partition coefficient (Wildman–Crippen LogP) is 2.45. The molecule has 2 aromatic heterocycles. The van der Waals surface area contributed by atoms with Crippen LogP contribution in [0.3, 0.4) is 0 Å². The van der Waals surface area contributed by atoms with Crippen LogP contribution in [0.1, 0.15) is 33.9 Å². The van der Waals surface area contributed by atoms with E-state index in [1.807, 2.05) is 44.2 Å². The molecule has 1 aromatic carbocycles. The van der Waals surface area contributed by atoms with Crippen molar-refractivity contribution in [3.8, 4) is 0 Å². The molecule has 7 nitrogen and oxygen atoms in total. The van der Waals surface area contributed by atoms with Gasteiger partial charge in [0.15, 0.2) is 0 Å². The lowest BCUT2D eigenvalue weighted by atomic mass is 10.1. The summed E-state index contributed by atoms with van der Waals surface area (Å²) in [7, 11) is 1.78. The first-order valence-electron chi connectivity index (χ1n) is 9.88. The summed E-state index contributed by atoms with van der Waals surface area (Å²) in [5, 5.41) is 1.04. The minimum absolute atomic E-state index is 0.145. The van der Waals surface area contributed by atoms with E-state index < -0.39 is 0 Å². The molecule has 3 heterocycles. The maximum absolute atomic E-state index is 13.1. The lowest BCUT2D eigenvalue weighted by molar-refractivity contribution is 0.0773. The molecule has 1 aliphatic heterocycles. The van der Waals surface area contributed by atoms with Gasteiger partial charge in [-0.2, -0.15) is 0 Å². The Labute approximate surface area is 170 Å². The predicted molar refractivity (Wildman–Crippen MR) is 114 cm³/mol. The molecule has 0 aliphatic carbocycles. The van der Waals surface area contributed by atoms with Gasteiger partial charge in [-0.3, -0.25) is 9.78 Å². The summed E-state index contributed by atoms with van der Waals surface area (Å²) in [4.78, 5) is 30.4. The van der Waals surface area contributed by atoms with Gasteiger partial charge in [-0.25, -0.2) is 9.97 Å². The second-order valence-corrected chi connectivity index (χ2v) is 7.72. The zero-order valence-electron chi connectivity index (χ0n) is 17.1. The third kappa shape index (κ3) is 3.78. The van der Waals surface area contributed by atoms with E-state index in [2.05, 4.69) is 19.9 Å². The van der Waals surface area contributed by atoms with Gasteiger partial charge in [0.2, 0.25) is 5.82 Å². The number of carbonyl (C=O) groups is 1. The zero-order valence-corrected chi connectivity index (χ0v) is 17.1. The molecule has 1 amide bonds. The number of aromatic nitrogens is 3. The van der Waals surface area contributed by atoms with Crippen LogP contribution < -0.4 is 10.6 Å². The number of aryl methyl sites for hydroxylation is 1. The fourth-order valence-electron chi connectivity index (χ4n) is 3.79. The Morgan fingerprint density at radius 2 is 2.03 bits per heavy atom. The van der Waals surface area contributed by atoms with Gasteiger partial charge in [-0.1, -0.05) is 18.2 Å². The van der Waals surface area contributed by atoms with Gasteiger partial charge in [-0.15, -0.1) is 0 Å².